The van der Waals surface area contributed by atoms with Crippen LogP contribution in [0.25, 0.3) is 0 Å². The third-order valence-corrected chi connectivity index (χ3v) is 5.98. The van der Waals surface area contributed by atoms with Crippen LogP contribution in [0.3, 0.4) is 0 Å². The van der Waals surface area contributed by atoms with Crippen molar-refractivity contribution in [1.82, 2.24) is 14.9 Å². The summed E-state index contributed by atoms with van der Waals surface area (Å²) in [7, 11) is -3.13. The smallest absolute Gasteiger partial charge is 0.211 e. The Balaban J connectivity index is 1.96. The normalized spacial score (nSPS) is 18.3. The topological polar surface area (TPSA) is 73.8 Å². The number of sulfonamides is 1. The van der Waals surface area contributed by atoms with Gasteiger partial charge in [0.25, 0.3) is 0 Å². The standard InChI is InChI=1S/C18H28F2N4O2S/c1-4-21-18(23-13(2)16-6-5-15(19)11-17(16)20)22-12-14-7-9-24(10-8-14)27(3,25)26/h5-6,11,13-14H,4,7-10,12H2,1-3H3,(H2,21,22,23). The second kappa shape index (κ2) is 9.45. The van der Waals surface area contributed by atoms with Crippen LogP contribution in [0.1, 0.15) is 38.3 Å². The Morgan fingerprint density at radius 3 is 2.56 bits per heavy atom. The van der Waals surface area contributed by atoms with Crippen LogP contribution in [0.15, 0.2) is 23.2 Å². The van der Waals surface area contributed by atoms with Gasteiger partial charge in [0, 0.05) is 37.8 Å². The molecule has 152 valence electrons. The van der Waals surface area contributed by atoms with E-state index in [2.05, 4.69) is 15.6 Å². The summed E-state index contributed by atoms with van der Waals surface area (Å²) in [5.74, 6) is -0.348. The number of nitrogens with one attached hydrogen (secondary N) is 2. The molecule has 0 bridgehead atoms. The van der Waals surface area contributed by atoms with Crippen LogP contribution in [-0.4, -0.2) is 51.1 Å². The molecule has 0 saturated carbocycles. The van der Waals surface area contributed by atoms with Crippen LogP contribution in [0.5, 0.6) is 0 Å². The molecule has 0 aromatic heterocycles. The summed E-state index contributed by atoms with van der Waals surface area (Å²) in [6, 6.07) is 3.14. The minimum atomic E-state index is -3.13. The maximum Gasteiger partial charge on any atom is 0.211 e. The van der Waals surface area contributed by atoms with E-state index in [0.29, 0.717) is 43.6 Å². The van der Waals surface area contributed by atoms with Gasteiger partial charge in [-0.2, -0.15) is 0 Å². The highest BCUT2D eigenvalue weighted by Gasteiger charge is 2.24. The van der Waals surface area contributed by atoms with E-state index in [0.717, 1.165) is 18.9 Å². The van der Waals surface area contributed by atoms with Gasteiger partial charge in [-0.05, 0) is 38.7 Å². The summed E-state index contributed by atoms with van der Waals surface area (Å²) >= 11 is 0. The lowest BCUT2D eigenvalue weighted by molar-refractivity contribution is 0.280. The van der Waals surface area contributed by atoms with Gasteiger partial charge in [0.05, 0.1) is 12.3 Å². The summed E-state index contributed by atoms with van der Waals surface area (Å²) in [5, 5.41) is 6.26. The molecular formula is C18H28F2N4O2S. The largest absolute Gasteiger partial charge is 0.357 e. The maximum absolute atomic E-state index is 14.0. The molecule has 2 rings (SSSR count). The zero-order chi connectivity index (χ0) is 20.0. The number of aliphatic imine (C=N–C) groups is 1. The van der Waals surface area contributed by atoms with Crippen molar-refractivity contribution in [2.24, 2.45) is 10.9 Å². The van der Waals surface area contributed by atoms with E-state index in [1.807, 2.05) is 6.92 Å². The van der Waals surface area contributed by atoms with Crippen LogP contribution in [-0.2, 0) is 10.0 Å². The van der Waals surface area contributed by atoms with Crippen LogP contribution >= 0.6 is 0 Å². The van der Waals surface area contributed by atoms with E-state index in [-0.39, 0.29) is 6.04 Å². The van der Waals surface area contributed by atoms with Crippen LogP contribution in [0.2, 0.25) is 0 Å². The molecule has 1 saturated heterocycles. The molecule has 27 heavy (non-hydrogen) atoms. The molecule has 0 amide bonds. The monoisotopic (exact) mass is 402 g/mol. The number of benzene rings is 1. The Hall–Kier alpha value is -1.74. The number of guanidine groups is 1. The number of nitrogens with zero attached hydrogens (tertiary/aromatic N) is 2. The SMILES string of the molecule is CCNC(=NCC1CCN(S(C)(=O)=O)CC1)NC(C)c1ccc(F)cc1F. The third kappa shape index (κ3) is 6.42. The van der Waals surface area contributed by atoms with Gasteiger partial charge in [0.2, 0.25) is 10.0 Å². The van der Waals surface area contributed by atoms with Crippen LogP contribution in [0.4, 0.5) is 8.78 Å². The van der Waals surface area contributed by atoms with Crippen molar-refractivity contribution in [3.05, 3.63) is 35.4 Å². The molecule has 0 aliphatic carbocycles. The fourth-order valence-electron chi connectivity index (χ4n) is 3.10. The fraction of sp³-hybridized carbons (Fsp3) is 0.611. The van der Waals surface area contributed by atoms with Gasteiger partial charge in [0.15, 0.2) is 5.96 Å². The summed E-state index contributed by atoms with van der Waals surface area (Å²) < 4.78 is 51.7. The Morgan fingerprint density at radius 1 is 1.33 bits per heavy atom. The predicted molar refractivity (Wildman–Crippen MR) is 103 cm³/mol. The summed E-state index contributed by atoms with van der Waals surface area (Å²) in [4.78, 5) is 4.57. The number of halogens is 2. The quantitative estimate of drug-likeness (QED) is 0.565. The molecule has 0 spiro atoms. The van der Waals surface area contributed by atoms with Gasteiger partial charge >= 0.3 is 0 Å². The Bertz CT molecular complexity index is 763. The molecule has 1 fully saturated rings. The van der Waals surface area contributed by atoms with Gasteiger partial charge in [-0.1, -0.05) is 6.07 Å². The average Bonchev–Trinajstić information content (AvgIpc) is 2.59. The van der Waals surface area contributed by atoms with E-state index in [1.165, 1.54) is 22.7 Å². The first-order valence-electron chi connectivity index (χ1n) is 9.15. The highest BCUT2D eigenvalue weighted by atomic mass is 32.2. The molecule has 1 aromatic carbocycles. The van der Waals surface area contributed by atoms with Gasteiger partial charge in [-0.25, -0.2) is 21.5 Å². The molecule has 9 heteroatoms. The maximum atomic E-state index is 14.0. The highest BCUT2D eigenvalue weighted by molar-refractivity contribution is 7.88. The zero-order valence-electron chi connectivity index (χ0n) is 16.0. The first-order valence-corrected chi connectivity index (χ1v) is 11.0. The average molecular weight is 403 g/mol. The molecule has 1 unspecified atom stereocenters. The second-order valence-corrected chi connectivity index (χ2v) is 8.84. The van der Waals surface area contributed by atoms with Gasteiger partial charge < -0.3 is 10.6 Å². The van der Waals surface area contributed by atoms with Crippen LogP contribution < -0.4 is 10.6 Å². The molecule has 1 aliphatic heterocycles. The number of rotatable bonds is 6. The lowest BCUT2D eigenvalue weighted by Crippen LogP contribution is -2.40. The van der Waals surface area contributed by atoms with Crippen molar-refractivity contribution in [1.29, 1.82) is 0 Å². The summed E-state index contributed by atoms with van der Waals surface area (Å²) in [6.45, 7) is 5.96. The highest BCUT2D eigenvalue weighted by Crippen LogP contribution is 2.20. The summed E-state index contributed by atoms with van der Waals surface area (Å²) in [6.07, 6.45) is 2.75. The number of hydrogen-bond acceptors (Lipinski definition) is 3. The minimum absolute atomic E-state index is 0.302. The van der Waals surface area contributed by atoms with Gasteiger partial charge in [0.1, 0.15) is 11.6 Å². The van der Waals surface area contributed by atoms with E-state index in [9.17, 15) is 17.2 Å². The molecule has 6 nitrogen and oxygen atoms in total. The van der Waals surface area contributed by atoms with Crippen molar-refractivity contribution >= 4 is 16.0 Å². The minimum Gasteiger partial charge on any atom is -0.357 e. The van der Waals surface area contributed by atoms with Gasteiger partial charge in [-0.15, -0.1) is 0 Å². The fourth-order valence-corrected chi connectivity index (χ4v) is 3.97. The lowest BCUT2D eigenvalue weighted by Gasteiger charge is -2.29. The van der Waals surface area contributed by atoms with Crippen molar-refractivity contribution in [3.8, 4) is 0 Å². The first kappa shape index (κ1) is 21.6. The van der Waals surface area contributed by atoms with Gasteiger partial charge in [-0.3, -0.25) is 4.99 Å². The number of piperidine rings is 1. The number of hydrogen-bond donors (Lipinski definition) is 2. The van der Waals surface area contributed by atoms with Crippen molar-refractivity contribution in [2.45, 2.75) is 32.7 Å². The van der Waals surface area contributed by atoms with Crippen molar-refractivity contribution in [3.63, 3.8) is 0 Å². The lowest BCUT2D eigenvalue weighted by atomic mass is 9.98. The third-order valence-electron chi connectivity index (χ3n) is 4.68. The summed E-state index contributed by atoms with van der Waals surface area (Å²) in [5.41, 5.74) is 0.364. The second-order valence-electron chi connectivity index (χ2n) is 6.86. The molecule has 2 N–H and O–H groups in total. The van der Waals surface area contributed by atoms with E-state index < -0.39 is 21.7 Å². The molecular weight excluding hydrogens is 374 g/mol. The Labute approximate surface area is 160 Å². The Morgan fingerprint density at radius 2 is 2.00 bits per heavy atom. The van der Waals surface area contributed by atoms with E-state index >= 15 is 0 Å². The van der Waals surface area contributed by atoms with Crippen molar-refractivity contribution < 1.29 is 17.2 Å². The molecule has 0 radical (unpaired) electrons. The predicted octanol–water partition coefficient (Wildman–Crippen LogP) is 2.25. The van der Waals surface area contributed by atoms with Crippen molar-refractivity contribution in [2.75, 3.05) is 32.4 Å². The van der Waals surface area contributed by atoms with Crippen LogP contribution in [0, 0.1) is 17.6 Å². The zero-order valence-corrected chi connectivity index (χ0v) is 16.8. The molecule has 1 heterocycles. The molecule has 1 aliphatic rings. The molecule has 1 atom stereocenters. The first-order chi connectivity index (χ1) is 12.7. The Kier molecular flexibility index (Phi) is 7.55. The van der Waals surface area contributed by atoms with E-state index in [1.54, 1.807) is 6.92 Å². The van der Waals surface area contributed by atoms with E-state index in [4.69, 9.17) is 0 Å². The molecule has 1 aromatic rings.